The highest BCUT2D eigenvalue weighted by Gasteiger charge is 2.22. The van der Waals surface area contributed by atoms with Crippen LogP contribution < -0.4 is 10.6 Å². The molecule has 0 bridgehead atoms. The highest BCUT2D eigenvalue weighted by molar-refractivity contribution is 5.95. The van der Waals surface area contributed by atoms with Crippen molar-refractivity contribution in [2.45, 2.75) is 43.8 Å². The van der Waals surface area contributed by atoms with Crippen LogP contribution in [-0.2, 0) is 0 Å². The molecule has 0 aliphatic carbocycles. The van der Waals surface area contributed by atoms with E-state index >= 15 is 0 Å². The van der Waals surface area contributed by atoms with Crippen LogP contribution in [0.1, 0.15) is 47.5 Å². The van der Waals surface area contributed by atoms with Gasteiger partial charge in [0, 0.05) is 31.7 Å². The Morgan fingerprint density at radius 2 is 1.88 bits per heavy atom. The number of benzene rings is 1. The van der Waals surface area contributed by atoms with Gasteiger partial charge in [0.2, 0.25) is 0 Å². The number of likely N-dealkylation sites (tertiary alicyclic amines) is 1. The van der Waals surface area contributed by atoms with Crippen molar-refractivity contribution in [2.24, 2.45) is 0 Å². The molecule has 26 heavy (non-hydrogen) atoms. The third-order valence-corrected chi connectivity index (χ3v) is 5.51. The van der Waals surface area contributed by atoms with E-state index in [1.54, 1.807) is 0 Å². The number of amides is 1. The predicted molar refractivity (Wildman–Crippen MR) is 101 cm³/mol. The minimum atomic E-state index is -0.597. The molecule has 4 N–H and O–H groups in total. The summed E-state index contributed by atoms with van der Waals surface area (Å²) in [4.78, 5) is 14.8. The molecule has 0 saturated carbocycles. The molecular weight excluding hydrogens is 330 g/mol. The fraction of sp³-hybridized carbons (Fsp3) is 0.650. The van der Waals surface area contributed by atoms with Crippen LogP contribution in [0.5, 0.6) is 0 Å². The molecule has 0 spiro atoms. The SMILES string of the molecule is O=C(NC[C@@H](O)CN1CCC(O)CC1)c1ccccc1C1CCNCC1. The quantitative estimate of drug-likeness (QED) is 0.599. The maximum atomic E-state index is 12.7. The largest absolute Gasteiger partial charge is 0.393 e. The number of nitrogens with zero attached hydrogens (tertiary/aromatic N) is 1. The molecule has 1 aromatic carbocycles. The van der Waals surface area contributed by atoms with Crippen molar-refractivity contribution in [1.82, 2.24) is 15.5 Å². The number of piperidine rings is 2. The lowest BCUT2D eigenvalue weighted by atomic mass is 9.87. The molecule has 2 heterocycles. The number of hydrogen-bond donors (Lipinski definition) is 4. The van der Waals surface area contributed by atoms with Gasteiger partial charge in [0.1, 0.15) is 0 Å². The maximum Gasteiger partial charge on any atom is 0.251 e. The molecule has 0 aromatic heterocycles. The van der Waals surface area contributed by atoms with Crippen LogP contribution in [0.3, 0.4) is 0 Å². The van der Waals surface area contributed by atoms with Crippen molar-refractivity contribution < 1.29 is 15.0 Å². The Hall–Kier alpha value is -1.47. The zero-order valence-electron chi connectivity index (χ0n) is 15.4. The molecule has 1 atom stereocenters. The number of aliphatic hydroxyl groups is 2. The van der Waals surface area contributed by atoms with Crippen molar-refractivity contribution in [3.63, 3.8) is 0 Å². The van der Waals surface area contributed by atoms with Gasteiger partial charge < -0.3 is 25.7 Å². The van der Waals surface area contributed by atoms with Gasteiger partial charge in [0.05, 0.1) is 12.2 Å². The number of aliphatic hydroxyl groups excluding tert-OH is 2. The summed E-state index contributed by atoms with van der Waals surface area (Å²) < 4.78 is 0. The predicted octanol–water partition coefficient (Wildman–Crippen LogP) is 0.701. The summed E-state index contributed by atoms with van der Waals surface area (Å²) in [6.45, 7) is 4.35. The summed E-state index contributed by atoms with van der Waals surface area (Å²) in [5.41, 5.74) is 1.85. The second-order valence-corrected chi connectivity index (χ2v) is 7.51. The number of carbonyl (C=O) groups excluding carboxylic acids is 1. The Kier molecular flexibility index (Phi) is 7.02. The van der Waals surface area contributed by atoms with Gasteiger partial charge in [-0.25, -0.2) is 0 Å². The first-order valence-electron chi connectivity index (χ1n) is 9.80. The van der Waals surface area contributed by atoms with Gasteiger partial charge in [0.15, 0.2) is 0 Å². The van der Waals surface area contributed by atoms with Crippen LogP contribution in [-0.4, -0.2) is 72.5 Å². The van der Waals surface area contributed by atoms with E-state index in [1.807, 2.05) is 18.2 Å². The molecule has 2 aliphatic rings. The first kappa shape index (κ1) is 19.3. The van der Waals surface area contributed by atoms with E-state index < -0.39 is 6.10 Å². The summed E-state index contributed by atoms with van der Waals surface area (Å²) in [6, 6.07) is 7.83. The molecule has 6 nitrogen and oxygen atoms in total. The fourth-order valence-corrected chi connectivity index (χ4v) is 3.96. The number of nitrogens with one attached hydrogen (secondary N) is 2. The zero-order valence-corrected chi connectivity index (χ0v) is 15.4. The zero-order chi connectivity index (χ0) is 18.4. The topological polar surface area (TPSA) is 84.8 Å². The Bertz CT molecular complexity index is 581. The van der Waals surface area contributed by atoms with E-state index in [2.05, 4.69) is 21.6 Å². The lowest BCUT2D eigenvalue weighted by molar-refractivity contribution is 0.0502. The molecule has 1 amide bonds. The number of carbonyl (C=O) groups is 1. The van der Waals surface area contributed by atoms with Crippen LogP contribution >= 0.6 is 0 Å². The smallest absolute Gasteiger partial charge is 0.251 e. The maximum absolute atomic E-state index is 12.7. The molecule has 2 saturated heterocycles. The van der Waals surface area contributed by atoms with E-state index in [-0.39, 0.29) is 18.6 Å². The summed E-state index contributed by atoms with van der Waals surface area (Å²) in [5.74, 6) is 0.315. The van der Waals surface area contributed by atoms with E-state index in [4.69, 9.17) is 0 Å². The molecule has 2 fully saturated rings. The van der Waals surface area contributed by atoms with Gasteiger partial charge in [-0.2, -0.15) is 0 Å². The van der Waals surface area contributed by atoms with E-state index in [1.165, 1.54) is 0 Å². The van der Waals surface area contributed by atoms with E-state index in [0.717, 1.165) is 63.0 Å². The van der Waals surface area contributed by atoms with Crippen molar-refractivity contribution in [1.29, 1.82) is 0 Å². The highest BCUT2D eigenvalue weighted by Crippen LogP contribution is 2.28. The molecular formula is C20H31N3O3. The Morgan fingerprint density at radius 1 is 1.19 bits per heavy atom. The van der Waals surface area contributed by atoms with E-state index in [0.29, 0.717) is 12.5 Å². The normalized spacial score (nSPS) is 21.5. The monoisotopic (exact) mass is 361 g/mol. The number of β-amino-alcohol motifs (C(OH)–C–C–N with tert-alkyl or cyclic N) is 1. The van der Waals surface area contributed by atoms with Crippen LogP contribution in [0.25, 0.3) is 0 Å². The van der Waals surface area contributed by atoms with Gasteiger partial charge in [-0.1, -0.05) is 18.2 Å². The number of rotatable bonds is 6. The van der Waals surface area contributed by atoms with Crippen LogP contribution in [0.15, 0.2) is 24.3 Å². The molecule has 2 aliphatic heterocycles. The third kappa shape index (κ3) is 5.27. The average Bonchev–Trinajstić information content (AvgIpc) is 2.68. The second kappa shape index (κ2) is 9.46. The number of hydrogen-bond acceptors (Lipinski definition) is 5. The summed E-state index contributed by atoms with van der Waals surface area (Å²) in [7, 11) is 0. The fourth-order valence-electron chi connectivity index (χ4n) is 3.96. The molecule has 144 valence electrons. The summed E-state index contributed by atoms with van der Waals surface area (Å²) in [6.07, 6.45) is 2.79. The second-order valence-electron chi connectivity index (χ2n) is 7.51. The Labute approximate surface area is 155 Å². The lowest BCUT2D eigenvalue weighted by Gasteiger charge is -2.31. The van der Waals surface area contributed by atoms with Gasteiger partial charge in [-0.05, 0) is 56.3 Å². The van der Waals surface area contributed by atoms with Crippen LogP contribution in [0.4, 0.5) is 0 Å². The molecule has 6 heteroatoms. The molecule has 1 aromatic rings. The van der Waals surface area contributed by atoms with Gasteiger partial charge in [-0.15, -0.1) is 0 Å². The third-order valence-electron chi connectivity index (χ3n) is 5.51. The average molecular weight is 361 g/mol. The standard InChI is InChI=1S/C20H31N3O3/c24-16-7-11-23(12-8-16)14-17(25)13-22-20(26)19-4-2-1-3-18(19)15-5-9-21-10-6-15/h1-4,15-17,21,24-25H,5-14H2,(H,22,26)/t17-/m1/s1. The van der Waals surface area contributed by atoms with Crippen LogP contribution in [0, 0.1) is 0 Å². The van der Waals surface area contributed by atoms with Crippen molar-refractivity contribution in [3.05, 3.63) is 35.4 Å². The minimum absolute atomic E-state index is 0.104. The van der Waals surface area contributed by atoms with Gasteiger partial charge >= 0.3 is 0 Å². The lowest BCUT2D eigenvalue weighted by Crippen LogP contribution is -2.44. The Morgan fingerprint density at radius 3 is 2.62 bits per heavy atom. The van der Waals surface area contributed by atoms with Gasteiger partial charge in [0.25, 0.3) is 5.91 Å². The van der Waals surface area contributed by atoms with Crippen LogP contribution in [0.2, 0.25) is 0 Å². The summed E-state index contributed by atoms with van der Waals surface area (Å²) in [5, 5.41) is 26.1. The van der Waals surface area contributed by atoms with Crippen molar-refractivity contribution in [2.75, 3.05) is 39.3 Å². The summed E-state index contributed by atoms with van der Waals surface area (Å²) >= 11 is 0. The molecule has 0 radical (unpaired) electrons. The molecule has 0 unspecified atom stereocenters. The highest BCUT2D eigenvalue weighted by atomic mass is 16.3. The molecule has 3 rings (SSSR count). The minimum Gasteiger partial charge on any atom is -0.393 e. The van der Waals surface area contributed by atoms with Gasteiger partial charge in [-0.3, -0.25) is 4.79 Å². The van der Waals surface area contributed by atoms with Crippen molar-refractivity contribution >= 4 is 5.91 Å². The van der Waals surface area contributed by atoms with E-state index in [9.17, 15) is 15.0 Å². The Balaban J connectivity index is 1.51. The first-order chi connectivity index (χ1) is 12.6. The first-order valence-corrected chi connectivity index (χ1v) is 9.80. The van der Waals surface area contributed by atoms with Crippen molar-refractivity contribution in [3.8, 4) is 0 Å².